The fourth-order valence-electron chi connectivity index (χ4n) is 2.88. The van der Waals surface area contributed by atoms with E-state index in [1.54, 1.807) is 0 Å². The van der Waals surface area contributed by atoms with Crippen molar-refractivity contribution < 1.29 is 0 Å². The maximum atomic E-state index is 3.81. The lowest BCUT2D eigenvalue weighted by molar-refractivity contribution is 0.302. The number of hydrogen-bond donors (Lipinski definition) is 1. The third-order valence-electron chi connectivity index (χ3n) is 4.17. The Kier molecular flexibility index (Phi) is 4.22. The molecular weight excluding hydrogens is 206 g/mol. The van der Waals surface area contributed by atoms with Crippen molar-refractivity contribution in [2.75, 3.05) is 6.54 Å². The fraction of sp³-hybridized carbons (Fsp3) is 0.625. The summed E-state index contributed by atoms with van der Waals surface area (Å²) >= 11 is 0. The molecule has 0 radical (unpaired) electrons. The van der Waals surface area contributed by atoms with Crippen LogP contribution in [0.2, 0.25) is 0 Å². The van der Waals surface area contributed by atoms with E-state index in [2.05, 4.69) is 43.4 Å². The van der Waals surface area contributed by atoms with Crippen LogP contribution in [0.4, 0.5) is 0 Å². The number of aryl methyl sites for hydroxylation is 1. The SMILES string of the molecule is CCC1(Cc2ccc(C)cc2)CCCCCN1. The van der Waals surface area contributed by atoms with Gasteiger partial charge >= 0.3 is 0 Å². The molecule has 1 aromatic rings. The van der Waals surface area contributed by atoms with E-state index in [1.165, 1.54) is 56.2 Å². The molecule has 1 saturated heterocycles. The molecule has 1 atom stereocenters. The van der Waals surface area contributed by atoms with Crippen LogP contribution in [0, 0.1) is 6.92 Å². The zero-order valence-electron chi connectivity index (χ0n) is 11.3. The number of hydrogen-bond acceptors (Lipinski definition) is 1. The molecule has 1 aliphatic heterocycles. The van der Waals surface area contributed by atoms with Crippen LogP contribution in [-0.4, -0.2) is 12.1 Å². The molecule has 1 unspecified atom stereocenters. The van der Waals surface area contributed by atoms with Crippen LogP contribution in [0.1, 0.15) is 50.2 Å². The second-order valence-electron chi connectivity index (χ2n) is 5.53. The Morgan fingerprint density at radius 1 is 1.12 bits per heavy atom. The lowest BCUT2D eigenvalue weighted by Gasteiger charge is -2.33. The van der Waals surface area contributed by atoms with E-state index in [-0.39, 0.29) is 0 Å². The first-order valence-electron chi connectivity index (χ1n) is 7.05. The maximum absolute atomic E-state index is 3.81. The zero-order chi connectivity index (χ0) is 12.1. The Morgan fingerprint density at radius 3 is 2.59 bits per heavy atom. The summed E-state index contributed by atoms with van der Waals surface area (Å²) in [4.78, 5) is 0. The predicted molar refractivity (Wildman–Crippen MR) is 74.4 cm³/mol. The minimum Gasteiger partial charge on any atom is -0.311 e. The number of benzene rings is 1. The number of rotatable bonds is 3. The van der Waals surface area contributed by atoms with Gasteiger partial charge in [-0.2, -0.15) is 0 Å². The average Bonchev–Trinajstić information content (AvgIpc) is 2.58. The Balaban J connectivity index is 2.09. The van der Waals surface area contributed by atoms with Crippen LogP contribution in [0.25, 0.3) is 0 Å². The van der Waals surface area contributed by atoms with Crippen molar-refractivity contribution in [2.45, 2.75) is 57.9 Å². The first-order chi connectivity index (χ1) is 8.24. The van der Waals surface area contributed by atoms with E-state index in [1.807, 2.05) is 0 Å². The van der Waals surface area contributed by atoms with Crippen molar-refractivity contribution in [3.05, 3.63) is 35.4 Å². The third kappa shape index (κ3) is 3.32. The minimum atomic E-state index is 0.353. The van der Waals surface area contributed by atoms with Crippen molar-refractivity contribution in [1.82, 2.24) is 5.32 Å². The molecule has 1 nitrogen and oxygen atoms in total. The molecule has 1 fully saturated rings. The molecule has 2 rings (SSSR count). The largest absolute Gasteiger partial charge is 0.311 e. The Hall–Kier alpha value is -0.820. The van der Waals surface area contributed by atoms with Gasteiger partial charge in [-0.1, -0.05) is 49.6 Å². The molecule has 17 heavy (non-hydrogen) atoms. The summed E-state index contributed by atoms with van der Waals surface area (Å²) in [6, 6.07) is 9.05. The van der Waals surface area contributed by atoms with Crippen molar-refractivity contribution in [1.29, 1.82) is 0 Å². The van der Waals surface area contributed by atoms with E-state index in [4.69, 9.17) is 0 Å². The fourth-order valence-corrected chi connectivity index (χ4v) is 2.88. The van der Waals surface area contributed by atoms with E-state index in [0.717, 1.165) is 0 Å². The molecule has 1 N–H and O–H groups in total. The van der Waals surface area contributed by atoms with E-state index in [9.17, 15) is 0 Å². The monoisotopic (exact) mass is 231 g/mol. The molecular formula is C16H25N. The minimum absolute atomic E-state index is 0.353. The standard InChI is InChI=1S/C16H25N/c1-3-16(11-5-4-6-12-17-16)13-15-9-7-14(2)8-10-15/h7-10,17H,3-6,11-13H2,1-2H3. The topological polar surface area (TPSA) is 12.0 Å². The van der Waals surface area contributed by atoms with Gasteiger partial charge in [0.25, 0.3) is 0 Å². The van der Waals surface area contributed by atoms with Crippen molar-refractivity contribution in [3.8, 4) is 0 Å². The molecule has 0 amide bonds. The summed E-state index contributed by atoms with van der Waals surface area (Å²) in [5.74, 6) is 0. The van der Waals surface area contributed by atoms with E-state index < -0.39 is 0 Å². The summed E-state index contributed by atoms with van der Waals surface area (Å²) in [6.45, 7) is 5.68. The van der Waals surface area contributed by atoms with Gasteiger partial charge in [0, 0.05) is 5.54 Å². The smallest absolute Gasteiger partial charge is 0.0219 e. The second-order valence-corrected chi connectivity index (χ2v) is 5.53. The van der Waals surface area contributed by atoms with Crippen LogP contribution < -0.4 is 5.32 Å². The van der Waals surface area contributed by atoms with Crippen molar-refractivity contribution in [3.63, 3.8) is 0 Å². The summed E-state index contributed by atoms with van der Waals surface area (Å²) in [5.41, 5.74) is 3.19. The molecule has 94 valence electrons. The van der Waals surface area contributed by atoms with Crippen LogP contribution in [0.15, 0.2) is 24.3 Å². The first kappa shape index (κ1) is 12.6. The second kappa shape index (κ2) is 5.68. The Bertz CT molecular complexity index is 331. The number of nitrogens with one attached hydrogen (secondary N) is 1. The summed E-state index contributed by atoms with van der Waals surface area (Å²) in [5, 5.41) is 3.81. The van der Waals surface area contributed by atoms with Gasteiger partial charge < -0.3 is 5.32 Å². The molecule has 0 bridgehead atoms. The molecule has 0 aromatic heterocycles. The highest BCUT2D eigenvalue weighted by molar-refractivity contribution is 5.23. The molecule has 1 aromatic carbocycles. The molecule has 1 heterocycles. The van der Waals surface area contributed by atoms with Gasteiger partial charge in [0.15, 0.2) is 0 Å². The molecule has 0 spiro atoms. The van der Waals surface area contributed by atoms with Crippen molar-refractivity contribution in [2.24, 2.45) is 0 Å². The molecule has 1 aliphatic rings. The van der Waals surface area contributed by atoms with Crippen LogP contribution in [0.5, 0.6) is 0 Å². The van der Waals surface area contributed by atoms with Gasteiger partial charge in [-0.05, 0) is 44.7 Å². The van der Waals surface area contributed by atoms with Gasteiger partial charge in [-0.3, -0.25) is 0 Å². The zero-order valence-corrected chi connectivity index (χ0v) is 11.3. The summed E-state index contributed by atoms with van der Waals surface area (Å²) in [7, 11) is 0. The normalized spacial score (nSPS) is 25.5. The molecule has 1 heteroatoms. The highest BCUT2D eigenvalue weighted by atomic mass is 15.0. The Labute approximate surface area is 106 Å². The van der Waals surface area contributed by atoms with Gasteiger partial charge in [0.05, 0.1) is 0 Å². The van der Waals surface area contributed by atoms with E-state index >= 15 is 0 Å². The van der Waals surface area contributed by atoms with Crippen LogP contribution >= 0.6 is 0 Å². The Morgan fingerprint density at radius 2 is 1.88 bits per heavy atom. The van der Waals surface area contributed by atoms with Gasteiger partial charge in [0.2, 0.25) is 0 Å². The quantitative estimate of drug-likeness (QED) is 0.833. The third-order valence-corrected chi connectivity index (χ3v) is 4.17. The summed E-state index contributed by atoms with van der Waals surface area (Å²) < 4.78 is 0. The predicted octanol–water partition coefficient (Wildman–Crippen LogP) is 3.85. The van der Waals surface area contributed by atoms with Gasteiger partial charge in [-0.15, -0.1) is 0 Å². The lowest BCUT2D eigenvalue weighted by atomic mass is 9.84. The lowest BCUT2D eigenvalue weighted by Crippen LogP contribution is -2.46. The van der Waals surface area contributed by atoms with Crippen LogP contribution in [0.3, 0.4) is 0 Å². The highest BCUT2D eigenvalue weighted by Gasteiger charge is 2.28. The van der Waals surface area contributed by atoms with Gasteiger partial charge in [-0.25, -0.2) is 0 Å². The maximum Gasteiger partial charge on any atom is 0.0219 e. The highest BCUT2D eigenvalue weighted by Crippen LogP contribution is 2.26. The van der Waals surface area contributed by atoms with Gasteiger partial charge in [0.1, 0.15) is 0 Å². The average molecular weight is 231 g/mol. The van der Waals surface area contributed by atoms with Crippen LogP contribution in [-0.2, 0) is 6.42 Å². The molecule has 0 aliphatic carbocycles. The van der Waals surface area contributed by atoms with E-state index in [0.29, 0.717) is 5.54 Å². The molecule has 0 saturated carbocycles. The first-order valence-corrected chi connectivity index (χ1v) is 7.05. The summed E-state index contributed by atoms with van der Waals surface area (Å²) in [6.07, 6.45) is 7.87. The van der Waals surface area contributed by atoms with Crippen molar-refractivity contribution >= 4 is 0 Å².